The van der Waals surface area contributed by atoms with E-state index in [2.05, 4.69) is 5.32 Å². The summed E-state index contributed by atoms with van der Waals surface area (Å²) in [6.45, 7) is 8.48. The van der Waals surface area contributed by atoms with Gasteiger partial charge in [0.15, 0.2) is 0 Å². The summed E-state index contributed by atoms with van der Waals surface area (Å²) >= 11 is 0. The zero-order chi connectivity index (χ0) is 13.1. The third kappa shape index (κ3) is 3.91. The SMILES string of the molecule is CCCC1C(=O)NCCN1C(=O)OC(C)(C)C. The summed E-state index contributed by atoms with van der Waals surface area (Å²) in [5.74, 6) is -0.0797. The molecule has 1 heterocycles. The average molecular weight is 242 g/mol. The van der Waals surface area contributed by atoms with E-state index >= 15 is 0 Å². The van der Waals surface area contributed by atoms with Crippen LogP contribution in [0.1, 0.15) is 40.5 Å². The van der Waals surface area contributed by atoms with Crippen LogP contribution in [0.3, 0.4) is 0 Å². The number of nitrogens with zero attached hydrogens (tertiary/aromatic N) is 1. The number of hydrogen-bond donors (Lipinski definition) is 1. The summed E-state index contributed by atoms with van der Waals surface area (Å²) in [7, 11) is 0. The predicted molar refractivity (Wildman–Crippen MR) is 64.6 cm³/mol. The van der Waals surface area contributed by atoms with E-state index in [1.165, 1.54) is 4.90 Å². The second-order valence-corrected chi connectivity index (χ2v) is 5.27. The van der Waals surface area contributed by atoms with Crippen LogP contribution in [0.5, 0.6) is 0 Å². The highest BCUT2D eigenvalue weighted by atomic mass is 16.6. The van der Waals surface area contributed by atoms with Crippen LogP contribution in [-0.4, -0.2) is 41.6 Å². The van der Waals surface area contributed by atoms with Gasteiger partial charge in [-0.25, -0.2) is 4.79 Å². The van der Waals surface area contributed by atoms with Gasteiger partial charge in [-0.3, -0.25) is 9.69 Å². The molecule has 1 unspecified atom stereocenters. The van der Waals surface area contributed by atoms with Gasteiger partial charge >= 0.3 is 6.09 Å². The van der Waals surface area contributed by atoms with E-state index in [0.717, 1.165) is 6.42 Å². The largest absolute Gasteiger partial charge is 0.444 e. The number of hydrogen-bond acceptors (Lipinski definition) is 3. The first-order chi connectivity index (χ1) is 7.85. The number of ether oxygens (including phenoxy) is 1. The van der Waals surface area contributed by atoms with Crippen LogP contribution in [0.25, 0.3) is 0 Å². The van der Waals surface area contributed by atoms with Gasteiger partial charge in [-0.2, -0.15) is 0 Å². The summed E-state index contributed by atoms with van der Waals surface area (Å²) in [6.07, 6.45) is 1.13. The smallest absolute Gasteiger partial charge is 0.411 e. The standard InChI is InChI=1S/C12H22N2O3/c1-5-6-9-10(15)13-7-8-14(9)11(16)17-12(2,3)4/h9H,5-8H2,1-4H3,(H,13,15). The van der Waals surface area contributed by atoms with Crippen LogP contribution in [0, 0.1) is 0 Å². The van der Waals surface area contributed by atoms with Crippen molar-refractivity contribution in [1.82, 2.24) is 10.2 Å². The van der Waals surface area contributed by atoms with Crippen molar-refractivity contribution < 1.29 is 14.3 Å². The monoisotopic (exact) mass is 242 g/mol. The molecule has 1 aliphatic heterocycles. The molecule has 1 saturated heterocycles. The van der Waals surface area contributed by atoms with Crippen molar-refractivity contribution in [3.05, 3.63) is 0 Å². The molecule has 0 aromatic rings. The van der Waals surface area contributed by atoms with E-state index in [9.17, 15) is 9.59 Å². The summed E-state index contributed by atoms with van der Waals surface area (Å²) < 4.78 is 5.31. The molecule has 5 heteroatoms. The summed E-state index contributed by atoms with van der Waals surface area (Å²) in [5.41, 5.74) is -0.526. The molecule has 0 spiro atoms. The van der Waals surface area contributed by atoms with E-state index < -0.39 is 11.7 Å². The molecular weight excluding hydrogens is 220 g/mol. The van der Waals surface area contributed by atoms with Gasteiger partial charge in [0, 0.05) is 13.1 Å². The minimum atomic E-state index is -0.526. The van der Waals surface area contributed by atoms with Crippen molar-refractivity contribution in [2.24, 2.45) is 0 Å². The van der Waals surface area contributed by atoms with Gasteiger partial charge in [0.25, 0.3) is 0 Å². The molecule has 5 nitrogen and oxygen atoms in total. The fourth-order valence-electron chi connectivity index (χ4n) is 1.81. The Bertz CT molecular complexity index is 297. The molecule has 0 saturated carbocycles. The molecule has 1 N–H and O–H groups in total. The van der Waals surface area contributed by atoms with Crippen molar-refractivity contribution in [3.8, 4) is 0 Å². The Morgan fingerprint density at radius 2 is 2.18 bits per heavy atom. The molecule has 0 aromatic carbocycles. The van der Waals surface area contributed by atoms with Crippen LogP contribution >= 0.6 is 0 Å². The van der Waals surface area contributed by atoms with Crippen molar-refractivity contribution in [2.45, 2.75) is 52.2 Å². The van der Waals surface area contributed by atoms with E-state index in [1.807, 2.05) is 27.7 Å². The van der Waals surface area contributed by atoms with E-state index in [1.54, 1.807) is 0 Å². The summed E-state index contributed by atoms with van der Waals surface area (Å²) in [5, 5.41) is 2.78. The molecule has 0 aliphatic carbocycles. The van der Waals surface area contributed by atoms with E-state index in [4.69, 9.17) is 4.74 Å². The maximum Gasteiger partial charge on any atom is 0.411 e. The number of carbonyl (C=O) groups excluding carboxylic acids is 2. The van der Waals surface area contributed by atoms with Gasteiger partial charge in [0.05, 0.1) is 0 Å². The third-order valence-corrected chi connectivity index (χ3v) is 2.52. The highest BCUT2D eigenvalue weighted by Gasteiger charge is 2.34. The van der Waals surface area contributed by atoms with E-state index in [-0.39, 0.29) is 11.9 Å². The van der Waals surface area contributed by atoms with Crippen LogP contribution < -0.4 is 5.32 Å². The lowest BCUT2D eigenvalue weighted by Gasteiger charge is -2.36. The van der Waals surface area contributed by atoms with Crippen molar-refractivity contribution in [2.75, 3.05) is 13.1 Å². The highest BCUT2D eigenvalue weighted by Crippen LogP contribution is 2.16. The van der Waals surface area contributed by atoms with Crippen LogP contribution in [0.2, 0.25) is 0 Å². The fourth-order valence-corrected chi connectivity index (χ4v) is 1.81. The summed E-state index contributed by atoms with van der Waals surface area (Å²) in [4.78, 5) is 25.2. The number of piperazine rings is 1. The second-order valence-electron chi connectivity index (χ2n) is 5.27. The number of amides is 2. The maximum absolute atomic E-state index is 12.0. The van der Waals surface area contributed by atoms with E-state index in [0.29, 0.717) is 19.5 Å². The Kier molecular flexibility index (Phi) is 4.37. The molecule has 17 heavy (non-hydrogen) atoms. The second kappa shape index (κ2) is 5.38. The molecule has 2 amide bonds. The Labute approximate surface area is 102 Å². The zero-order valence-electron chi connectivity index (χ0n) is 11.1. The molecular formula is C12H22N2O3. The molecule has 1 rings (SSSR count). The zero-order valence-corrected chi connectivity index (χ0v) is 11.1. The number of nitrogens with one attached hydrogen (secondary N) is 1. The van der Waals surface area contributed by atoms with Crippen molar-refractivity contribution >= 4 is 12.0 Å². The van der Waals surface area contributed by atoms with Crippen LogP contribution in [0.4, 0.5) is 4.79 Å². The predicted octanol–water partition coefficient (Wildman–Crippen LogP) is 1.52. The minimum Gasteiger partial charge on any atom is -0.444 e. The Hall–Kier alpha value is -1.26. The topological polar surface area (TPSA) is 58.6 Å². The molecule has 0 bridgehead atoms. The van der Waals surface area contributed by atoms with Crippen LogP contribution in [-0.2, 0) is 9.53 Å². The Morgan fingerprint density at radius 1 is 1.53 bits per heavy atom. The minimum absolute atomic E-state index is 0.0797. The molecule has 1 aliphatic rings. The van der Waals surface area contributed by atoms with Gasteiger partial charge in [-0.1, -0.05) is 13.3 Å². The first kappa shape index (κ1) is 13.8. The van der Waals surface area contributed by atoms with Gasteiger partial charge in [0.2, 0.25) is 5.91 Å². The third-order valence-electron chi connectivity index (χ3n) is 2.52. The summed E-state index contributed by atoms with van der Waals surface area (Å²) in [6, 6.07) is -0.386. The average Bonchev–Trinajstić information content (AvgIpc) is 2.18. The normalized spacial score (nSPS) is 21.1. The molecule has 1 fully saturated rings. The van der Waals surface area contributed by atoms with Crippen LogP contribution in [0.15, 0.2) is 0 Å². The lowest BCUT2D eigenvalue weighted by molar-refractivity contribution is -0.129. The Morgan fingerprint density at radius 3 is 2.71 bits per heavy atom. The first-order valence-electron chi connectivity index (χ1n) is 6.12. The maximum atomic E-state index is 12.0. The van der Waals surface area contributed by atoms with Gasteiger partial charge in [0.1, 0.15) is 11.6 Å². The van der Waals surface area contributed by atoms with Crippen molar-refractivity contribution in [1.29, 1.82) is 0 Å². The van der Waals surface area contributed by atoms with Gasteiger partial charge < -0.3 is 10.1 Å². The highest BCUT2D eigenvalue weighted by molar-refractivity contribution is 5.86. The van der Waals surface area contributed by atoms with Crippen molar-refractivity contribution in [3.63, 3.8) is 0 Å². The first-order valence-corrected chi connectivity index (χ1v) is 6.12. The lowest BCUT2D eigenvalue weighted by atomic mass is 10.1. The molecule has 0 radical (unpaired) electrons. The molecule has 0 aromatic heterocycles. The molecule has 1 atom stereocenters. The van der Waals surface area contributed by atoms with Gasteiger partial charge in [-0.05, 0) is 27.2 Å². The number of carbonyl (C=O) groups is 2. The quantitative estimate of drug-likeness (QED) is 0.798. The fraction of sp³-hybridized carbons (Fsp3) is 0.833. The number of rotatable bonds is 2. The lowest BCUT2D eigenvalue weighted by Crippen LogP contribution is -2.57. The van der Waals surface area contributed by atoms with Gasteiger partial charge in [-0.15, -0.1) is 0 Å². The Balaban J connectivity index is 2.71. The molecule has 98 valence electrons.